The molecule has 1 aromatic heterocycles. The van der Waals surface area contributed by atoms with Crippen molar-refractivity contribution >= 4 is 23.4 Å². The number of rotatable bonds is 2. The Bertz CT molecular complexity index is 535. The minimum atomic E-state index is -0.477. The lowest BCUT2D eigenvalue weighted by Crippen LogP contribution is -2.50. The van der Waals surface area contributed by atoms with Crippen LogP contribution in [0, 0.1) is 0 Å². The third kappa shape index (κ3) is 3.91. The SMILES string of the molecule is CC(C)(C)OC(=O)N1CCN(c2ccc(NN)c(N)n2)CC1. The summed E-state index contributed by atoms with van der Waals surface area (Å²) in [6.07, 6.45) is -0.276. The lowest BCUT2D eigenvalue weighted by Gasteiger charge is -2.36. The normalized spacial score (nSPS) is 15.6. The first-order valence-corrected chi connectivity index (χ1v) is 7.26. The Kier molecular flexibility index (Phi) is 4.60. The number of hydrazine groups is 1. The summed E-state index contributed by atoms with van der Waals surface area (Å²) in [7, 11) is 0. The van der Waals surface area contributed by atoms with Crippen LogP contribution in [-0.4, -0.2) is 47.8 Å². The molecule has 0 atom stereocenters. The lowest BCUT2D eigenvalue weighted by molar-refractivity contribution is 0.0240. The van der Waals surface area contributed by atoms with Crippen LogP contribution in [0.15, 0.2) is 12.1 Å². The van der Waals surface area contributed by atoms with Crippen molar-refractivity contribution in [3.8, 4) is 0 Å². The van der Waals surface area contributed by atoms with Gasteiger partial charge in [0.25, 0.3) is 0 Å². The first kappa shape index (κ1) is 16.2. The second kappa shape index (κ2) is 6.27. The van der Waals surface area contributed by atoms with Crippen LogP contribution in [0.2, 0.25) is 0 Å². The van der Waals surface area contributed by atoms with E-state index in [4.69, 9.17) is 16.3 Å². The Labute approximate surface area is 130 Å². The first-order valence-electron chi connectivity index (χ1n) is 7.26. The van der Waals surface area contributed by atoms with E-state index >= 15 is 0 Å². The molecule has 2 heterocycles. The van der Waals surface area contributed by atoms with Crippen LogP contribution in [0.5, 0.6) is 0 Å². The molecule has 5 N–H and O–H groups in total. The van der Waals surface area contributed by atoms with E-state index in [1.54, 1.807) is 11.0 Å². The molecule has 1 aliphatic heterocycles. The Morgan fingerprint density at radius 1 is 1.27 bits per heavy atom. The molecule has 0 aromatic carbocycles. The fourth-order valence-electron chi connectivity index (χ4n) is 2.21. The number of carbonyl (C=O) groups excluding carboxylic acids is 1. The van der Waals surface area contributed by atoms with Gasteiger partial charge in [0, 0.05) is 26.2 Å². The summed E-state index contributed by atoms with van der Waals surface area (Å²) in [6, 6.07) is 3.65. The zero-order valence-electron chi connectivity index (χ0n) is 13.3. The van der Waals surface area contributed by atoms with Gasteiger partial charge in [-0.05, 0) is 32.9 Å². The second-order valence-corrected chi connectivity index (χ2v) is 6.20. The molecular weight excluding hydrogens is 284 g/mol. The van der Waals surface area contributed by atoms with Gasteiger partial charge in [0.1, 0.15) is 11.4 Å². The molecule has 8 nitrogen and oxygen atoms in total. The molecule has 22 heavy (non-hydrogen) atoms. The summed E-state index contributed by atoms with van der Waals surface area (Å²) in [5, 5.41) is 0. The number of nitrogens with zero attached hydrogens (tertiary/aromatic N) is 3. The van der Waals surface area contributed by atoms with Crippen LogP contribution >= 0.6 is 0 Å². The van der Waals surface area contributed by atoms with Gasteiger partial charge in [0.05, 0.1) is 5.69 Å². The Morgan fingerprint density at radius 3 is 2.41 bits per heavy atom. The van der Waals surface area contributed by atoms with Crippen molar-refractivity contribution < 1.29 is 9.53 Å². The van der Waals surface area contributed by atoms with E-state index in [9.17, 15) is 4.79 Å². The molecular formula is C14H24N6O2. The molecule has 0 unspecified atom stereocenters. The van der Waals surface area contributed by atoms with Crippen LogP contribution < -0.4 is 21.9 Å². The van der Waals surface area contributed by atoms with Crippen molar-refractivity contribution in [2.45, 2.75) is 26.4 Å². The molecule has 1 saturated heterocycles. The number of pyridine rings is 1. The molecule has 122 valence electrons. The van der Waals surface area contributed by atoms with E-state index in [0.29, 0.717) is 37.7 Å². The van der Waals surface area contributed by atoms with E-state index in [2.05, 4.69) is 15.3 Å². The standard InChI is InChI=1S/C14H24N6O2/c1-14(2,3)22-13(21)20-8-6-19(7-9-20)11-5-4-10(18-16)12(15)17-11/h4-5,18H,6-9,16H2,1-3H3,(H2,15,17). The summed E-state index contributed by atoms with van der Waals surface area (Å²) >= 11 is 0. The zero-order valence-corrected chi connectivity index (χ0v) is 13.3. The number of nitrogens with one attached hydrogen (secondary N) is 1. The van der Waals surface area contributed by atoms with Crippen molar-refractivity contribution in [2.75, 3.05) is 42.2 Å². The van der Waals surface area contributed by atoms with E-state index in [1.807, 2.05) is 26.8 Å². The van der Waals surface area contributed by atoms with Gasteiger partial charge in [0.15, 0.2) is 5.82 Å². The molecule has 1 aliphatic rings. The van der Waals surface area contributed by atoms with Crippen LogP contribution in [0.25, 0.3) is 0 Å². The number of ether oxygens (including phenoxy) is 1. The van der Waals surface area contributed by atoms with Gasteiger partial charge in [-0.25, -0.2) is 9.78 Å². The van der Waals surface area contributed by atoms with Crippen LogP contribution in [-0.2, 0) is 4.74 Å². The average Bonchev–Trinajstić information content (AvgIpc) is 2.45. The predicted molar refractivity (Wildman–Crippen MR) is 86.5 cm³/mol. The van der Waals surface area contributed by atoms with Crippen molar-refractivity contribution in [3.05, 3.63) is 12.1 Å². The Morgan fingerprint density at radius 2 is 1.91 bits per heavy atom. The van der Waals surface area contributed by atoms with Gasteiger partial charge >= 0.3 is 6.09 Å². The molecule has 0 bridgehead atoms. The van der Waals surface area contributed by atoms with E-state index in [0.717, 1.165) is 5.82 Å². The Hall–Kier alpha value is -2.22. The number of hydrogen-bond donors (Lipinski definition) is 3. The molecule has 8 heteroatoms. The third-order valence-electron chi connectivity index (χ3n) is 3.32. The number of anilines is 3. The third-order valence-corrected chi connectivity index (χ3v) is 3.32. The van der Waals surface area contributed by atoms with Crippen molar-refractivity contribution in [1.82, 2.24) is 9.88 Å². The smallest absolute Gasteiger partial charge is 0.410 e. The average molecular weight is 308 g/mol. The number of carbonyl (C=O) groups is 1. The molecule has 1 aromatic rings. The van der Waals surface area contributed by atoms with E-state index in [1.165, 1.54) is 0 Å². The monoisotopic (exact) mass is 308 g/mol. The molecule has 0 spiro atoms. The highest BCUT2D eigenvalue weighted by Crippen LogP contribution is 2.21. The Balaban J connectivity index is 1.94. The van der Waals surface area contributed by atoms with Crippen LogP contribution in [0.1, 0.15) is 20.8 Å². The van der Waals surface area contributed by atoms with E-state index < -0.39 is 5.60 Å². The van der Waals surface area contributed by atoms with Crippen molar-refractivity contribution in [3.63, 3.8) is 0 Å². The quantitative estimate of drug-likeness (QED) is 0.552. The van der Waals surface area contributed by atoms with Gasteiger partial charge < -0.3 is 25.7 Å². The molecule has 2 rings (SSSR count). The van der Waals surface area contributed by atoms with E-state index in [-0.39, 0.29) is 6.09 Å². The number of amides is 1. The predicted octanol–water partition coefficient (Wildman–Crippen LogP) is 1.01. The number of hydrogen-bond acceptors (Lipinski definition) is 7. The van der Waals surface area contributed by atoms with Gasteiger partial charge in [-0.2, -0.15) is 0 Å². The second-order valence-electron chi connectivity index (χ2n) is 6.20. The molecule has 1 fully saturated rings. The minimum Gasteiger partial charge on any atom is -0.444 e. The van der Waals surface area contributed by atoms with Gasteiger partial charge in [-0.15, -0.1) is 0 Å². The van der Waals surface area contributed by atoms with Crippen LogP contribution in [0.3, 0.4) is 0 Å². The maximum absolute atomic E-state index is 12.0. The molecule has 0 aliphatic carbocycles. The highest BCUT2D eigenvalue weighted by molar-refractivity contribution is 5.69. The zero-order chi connectivity index (χ0) is 16.3. The largest absolute Gasteiger partial charge is 0.444 e. The number of piperazine rings is 1. The maximum Gasteiger partial charge on any atom is 0.410 e. The maximum atomic E-state index is 12.0. The molecule has 1 amide bonds. The van der Waals surface area contributed by atoms with Gasteiger partial charge in [-0.1, -0.05) is 0 Å². The fraction of sp³-hybridized carbons (Fsp3) is 0.571. The number of nitrogens with two attached hydrogens (primary N) is 2. The van der Waals surface area contributed by atoms with Crippen molar-refractivity contribution in [2.24, 2.45) is 5.84 Å². The summed E-state index contributed by atoms with van der Waals surface area (Å²) in [5.74, 6) is 6.47. The molecule has 0 saturated carbocycles. The highest BCUT2D eigenvalue weighted by atomic mass is 16.6. The van der Waals surface area contributed by atoms with Gasteiger partial charge in [-0.3, -0.25) is 5.84 Å². The summed E-state index contributed by atoms with van der Waals surface area (Å²) in [4.78, 5) is 20.1. The minimum absolute atomic E-state index is 0.276. The van der Waals surface area contributed by atoms with Gasteiger partial charge in [0.2, 0.25) is 0 Å². The topological polar surface area (TPSA) is 110 Å². The fourth-order valence-corrected chi connectivity index (χ4v) is 2.21. The lowest BCUT2D eigenvalue weighted by atomic mass is 10.2. The summed E-state index contributed by atoms with van der Waals surface area (Å²) < 4.78 is 5.38. The van der Waals surface area contributed by atoms with Crippen LogP contribution in [0.4, 0.5) is 22.1 Å². The highest BCUT2D eigenvalue weighted by Gasteiger charge is 2.26. The summed E-state index contributed by atoms with van der Waals surface area (Å²) in [5.41, 5.74) is 8.43. The summed E-state index contributed by atoms with van der Waals surface area (Å²) in [6.45, 7) is 8.13. The molecule has 0 radical (unpaired) electrons. The van der Waals surface area contributed by atoms with Crippen molar-refractivity contribution in [1.29, 1.82) is 0 Å². The number of nitrogen functional groups attached to an aromatic ring is 2. The first-order chi connectivity index (χ1) is 10.3. The number of aromatic nitrogens is 1.